The zero-order valence-electron chi connectivity index (χ0n) is 8.74. The van der Waals surface area contributed by atoms with Gasteiger partial charge in [-0.3, -0.25) is 0 Å². The van der Waals surface area contributed by atoms with Crippen molar-refractivity contribution in [1.82, 2.24) is 5.16 Å². The van der Waals surface area contributed by atoms with Gasteiger partial charge in [0, 0.05) is 14.1 Å². The monoisotopic (exact) mass is 190 g/mol. The smallest absolute Gasteiger partial charge is 0.179 e. The summed E-state index contributed by atoms with van der Waals surface area (Å²) in [6.07, 6.45) is 1.02. The van der Waals surface area contributed by atoms with Crippen LogP contribution in [0.1, 0.15) is 12.5 Å². The summed E-state index contributed by atoms with van der Waals surface area (Å²) in [6, 6.07) is 6.24. The topological polar surface area (TPSA) is 29.3 Å². The fourth-order valence-corrected chi connectivity index (χ4v) is 1.51. The summed E-state index contributed by atoms with van der Waals surface area (Å²) in [5.41, 5.74) is 2.15. The second-order valence-corrected chi connectivity index (χ2v) is 3.58. The minimum atomic E-state index is 0.869. The quantitative estimate of drug-likeness (QED) is 0.728. The van der Waals surface area contributed by atoms with Gasteiger partial charge in [-0.25, -0.2) is 0 Å². The maximum absolute atomic E-state index is 5.26. The van der Waals surface area contributed by atoms with Crippen molar-refractivity contribution in [2.45, 2.75) is 13.3 Å². The summed E-state index contributed by atoms with van der Waals surface area (Å²) in [5, 5.41) is 5.10. The van der Waals surface area contributed by atoms with E-state index in [0.717, 1.165) is 23.2 Å². The molecule has 14 heavy (non-hydrogen) atoms. The third kappa shape index (κ3) is 1.35. The molecule has 0 aliphatic rings. The van der Waals surface area contributed by atoms with E-state index in [9.17, 15) is 0 Å². The van der Waals surface area contributed by atoms with Gasteiger partial charge >= 0.3 is 0 Å². The molecular formula is C11H14N2O. The van der Waals surface area contributed by atoms with Crippen molar-refractivity contribution in [2.75, 3.05) is 19.0 Å². The Morgan fingerprint density at radius 3 is 2.79 bits per heavy atom. The molecular weight excluding hydrogens is 176 g/mol. The first-order valence-corrected chi connectivity index (χ1v) is 4.78. The predicted octanol–water partition coefficient (Wildman–Crippen LogP) is 2.46. The molecule has 0 fully saturated rings. The number of nitrogens with zero attached hydrogens (tertiary/aromatic N) is 2. The van der Waals surface area contributed by atoms with E-state index in [2.05, 4.69) is 30.3 Å². The molecule has 2 aromatic rings. The molecule has 0 saturated carbocycles. The molecule has 0 bridgehead atoms. The van der Waals surface area contributed by atoms with Gasteiger partial charge in [0.05, 0.1) is 5.39 Å². The van der Waals surface area contributed by atoms with Crippen molar-refractivity contribution in [2.24, 2.45) is 0 Å². The van der Waals surface area contributed by atoms with Crippen LogP contribution >= 0.6 is 0 Å². The SMILES string of the molecule is CCc1ccc2c(N(C)C)noc2c1. The Morgan fingerprint density at radius 2 is 2.14 bits per heavy atom. The van der Waals surface area contributed by atoms with Crippen LogP contribution < -0.4 is 4.90 Å². The van der Waals surface area contributed by atoms with E-state index >= 15 is 0 Å². The predicted molar refractivity (Wildman–Crippen MR) is 57.7 cm³/mol. The Labute approximate surface area is 83.3 Å². The van der Waals surface area contributed by atoms with E-state index in [1.807, 2.05) is 19.0 Å². The standard InChI is InChI=1S/C11H14N2O/c1-4-8-5-6-9-10(7-8)14-12-11(9)13(2)3/h5-7H,4H2,1-3H3. The van der Waals surface area contributed by atoms with Gasteiger partial charge in [0.15, 0.2) is 11.4 Å². The van der Waals surface area contributed by atoms with E-state index in [4.69, 9.17) is 4.52 Å². The Hall–Kier alpha value is -1.51. The molecule has 0 spiro atoms. The van der Waals surface area contributed by atoms with Crippen LogP contribution in [-0.2, 0) is 6.42 Å². The summed E-state index contributed by atoms with van der Waals surface area (Å²) in [4.78, 5) is 1.96. The fourth-order valence-electron chi connectivity index (χ4n) is 1.51. The van der Waals surface area contributed by atoms with Gasteiger partial charge in [-0.05, 0) is 24.1 Å². The molecule has 74 valence electrons. The van der Waals surface area contributed by atoms with Gasteiger partial charge in [-0.15, -0.1) is 0 Å². The lowest BCUT2D eigenvalue weighted by atomic mass is 10.1. The summed E-state index contributed by atoms with van der Waals surface area (Å²) in [6.45, 7) is 2.13. The number of aryl methyl sites for hydroxylation is 1. The molecule has 1 heterocycles. The maximum Gasteiger partial charge on any atom is 0.179 e. The van der Waals surface area contributed by atoms with Crippen LogP contribution in [0.15, 0.2) is 22.7 Å². The van der Waals surface area contributed by atoms with E-state index in [1.165, 1.54) is 5.56 Å². The van der Waals surface area contributed by atoms with E-state index in [1.54, 1.807) is 0 Å². The minimum Gasteiger partial charge on any atom is -0.359 e. The van der Waals surface area contributed by atoms with E-state index < -0.39 is 0 Å². The van der Waals surface area contributed by atoms with Crippen LogP contribution in [0.25, 0.3) is 11.0 Å². The summed E-state index contributed by atoms with van der Waals surface area (Å²) < 4.78 is 5.26. The van der Waals surface area contributed by atoms with Crippen LogP contribution in [0.3, 0.4) is 0 Å². The Bertz CT molecular complexity index is 445. The molecule has 0 saturated heterocycles. The van der Waals surface area contributed by atoms with Gasteiger partial charge < -0.3 is 9.42 Å². The second kappa shape index (κ2) is 3.33. The van der Waals surface area contributed by atoms with E-state index in [-0.39, 0.29) is 0 Å². The number of hydrogen-bond acceptors (Lipinski definition) is 3. The normalized spacial score (nSPS) is 10.8. The minimum absolute atomic E-state index is 0.869. The van der Waals surface area contributed by atoms with Gasteiger partial charge in [-0.1, -0.05) is 18.1 Å². The molecule has 1 aromatic heterocycles. The molecule has 0 aliphatic heterocycles. The van der Waals surface area contributed by atoms with Crippen molar-refractivity contribution in [3.63, 3.8) is 0 Å². The lowest BCUT2D eigenvalue weighted by Crippen LogP contribution is -2.08. The Kier molecular flexibility index (Phi) is 2.15. The van der Waals surface area contributed by atoms with Crippen LogP contribution in [-0.4, -0.2) is 19.3 Å². The summed E-state index contributed by atoms with van der Waals surface area (Å²) in [7, 11) is 3.93. The molecule has 0 N–H and O–H groups in total. The van der Waals surface area contributed by atoms with Gasteiger partial charge in [0.1, 0.15) is 0 Å². The lowest BCUT2D eigenvalue weighted by Gasteiger charge is -2.06. The first-order valence-electron chi connectivity index (χ1n) is 4.78. The van der Waals surface area contributed by atoms with Crippen LogP contribution in [0.5, 0.6) is 0 Å². The number of aromatic nitrogens is 1. The first kappa shape index (κ1) is 9.06. The van der Waals surface area contributed by atoms with Crippen molar-refractivity contribution in [3.05, 3.63) is 23.8 Å². The summed E-state index contributed by atoms with van der Waals surface area (Å²) >= 11 is 0. The third-order valence-corrected chi connectivity index (χ3v) is 2.35. The third-order valence-electron chi connectivity index (χ3n) is 2.35. The fraction of sp³-hybridized carbons (Fsp3) is 0.364. The number of benzene rings is 1. The molecule has 0 radical (unpaired) electrons. The number of fused-ring (bicyclic) bond motifs is 1. The van der Waals surface area contributed by atoms with Crippen molar-refractivity contribution in [3.8, 4) is 0 Å². The Balaban J connectivity index is 2.59. The molecule has 3 nitrogen and oxygen atoms in total. The van der Waals surface area contributed by atoms with Gasteiger partial charge in [0.2, 0.25) is 0 Å². The zero-order chi connectivity index (χ0) is 10.1. The number of rotatable bonds is 2. The molecule has 0 atom stereocenters. The lowest BCUT2D eigenvalue weighted by molar-refractivity contribution is 0.457. The van der Waals surface area contributed by atoms with Gasteiger partial charge in [-0.2, -0.15) is 0 Å². The number of anilines is 1. The molecule has 3 heteroatoms. The Morgan fingerprint density at radius 1 is 1.36 bits per heavy atom. The average molecular weight is 190 g/mol. The molecule has 0 amide bonds. The van der Waals surface area contributed by atoms with Crippen molar-refractivity contribution in [1.29, 1.82) is 0 Å². The first-order chi connectivity index (χ1) is 6.72. The van der Waals surface area contributed by atoms with E-state index in [0.29, 0.717) is 0 Å². The largest absolute Gasteiger partial charge is 0.359 e. The van der Waals surface area contributed by atoms with Crippen molar-refractivity contribution >= 4 is 16.8 Å². The highest BCUT2D eigenvalue weighted by atomic mass is 16.5. The average Bonchev–Trinajstić information content (AvgIpc) is 2.59. The van der Waals surface area contributed by atoms with Crippen LogP contribution in [0, 0.1) is 0 Å². The molecule has 0 aliphatic carbocycles. The molecule has 1 aromatic carbocycles. The van der Waals surface area contributed by atoms with Crippen molar-refractivity contribution < 1.29 is 4.52 Å². The van der Waals surface area contributed by atoms with Gasteiger partial charge in [0.25, 0.3) is 0 Å². The highest BCUT2D eigenvalue weighted by Gasteiger charge is 2.09. The highest BCUT2D eigenvalue weighted by molar-refractivity contribution is 5.88. The maximum atomic E-state index is 5.26. The summed E-state index contributed by atoms with van der Waals surface area (Å²) in [5.74, 6) is 0.891. The molecule has 0 unspecified atom stereocenters. The highest BCUT2D eigenvalue weighted by Crippen LogP contribution is 2.25. The zero-order valence-corrected chi connectivity index (χ0v) is 8.74. The number of hydrogen-bond donors (Lipinski definition) is 0. The van der Waals surface area contributed by atoms with Crippen LogP contribution in [0.2, 0.25) is 0 Å². The molecule has 2 rings (SSSR count). The second-order valence-electron chi connectivity index (χ2n) is 3.58. The van der Waals surface area contributed by atoms with Crippen LogP contribution in [0.4, 0.5) is 5.82 Å².